The smallest absolute Gasteiger partial charge is 0.387 e. The lowest BCUT2D eigenvalue weighted by molar-refractivity contribution is -0.0496. The van der Waals surface area contributed by atoms with Gasteiger partial charge in [0.25, 0.3) is 5.91 Å². The fourth-order valence-electron chi connectivity index (χ4n) is 4.65. The maximum atomic E-state index is 13.9. The molecule has 5 nitrogen and oxygen atoms in total. The highest BCUT2D eigenvalue weighted by molar-refractivity contribution is 8.14. The second kappa shape index (κ2) is 11.7. The number of nitrogens with zero attached hydrogens (tertiary/aromatic N) is 1. The van der Waals surface area contributed by atoms with Gasteiger partial charge in [-0.25, -0.2) is 4.39 Å². The molecule has 3 aromatic rings. The summed E-state index contributed by atoms with van der Waals surface area (Å²) in [7, 11) is 0. The first kappa shape index (κ1) is 27.7. The monoisotopic (exact) mass is 593 g/mol. The van der Waals surface area contributed by atoms with Gasteiger partial charge >= 0.3 is 6.61 Å². The Balaban J connectivity index is 1.51. The van der Waals surface area contributed by atoms with Gasteiger partial charge in [-0.2, -0.15) is 8.78 Å². The van der Waals surface area contributed by atoms with Crippen molar-refractivity contribution >= 4 is 46.0 Å². The molecule has 39 heavy (non-hydrogen) atoms. The highest BCUT2D eigenvalue weighted by atomic mass is 35.5. The number of carbonyl (C=O) groups is 1. The maximum absolute atomic E-state index is 13.9. The molecule has 3 aromatic carbocycles. The van der Waals surface area contributed by atoms with Crippen LogP contribution in [0.4, 0.5) is 13.2 Å². The van der Waals surface area contributed by atoms with Gasteiger partial charge in [0.2, 0.25) is 0 Å². The van der Waals surface area contributed by atoms with E-state index in [0.717, 1.165) is 36.3 Å². The van der Waals surface area contributed by atoms with Crippen LogP contribution in [0.25, 0.3) is 11.1 Å². The first-order valence-electron chi connectivity index (χ1n) is 12.3. The van der Waals surface area contributed by atoms with Crippen LogP contribution in [-0.4, -0.2) is 34.9 Å². The molecule has 0 radical (unpaired) electrons. The number of hydrogen-bond acceptors (Lipinski definition) is 4. The Hall–Kier alpha value is -2.88. The number of rotatable bonds is 9. The van der Waals surface area contributed by atoms with Crippen molar-refractivity contribution in [2.75, 3.05) is 12.3 Å². The van der Waals surface area contributed by atoms with Crippen LogP contribution in [0.15, 0.2) is 54.6 Å². The van der Waals surface area contributed by atoms with Gasteiger partial charge < -0.3 is 15.0 Å². The summed E-state index contributed by atoms with van der Waals surface area (Å²) < 4.78 is 44.8. The van der Waals surface area contributed by atoms with E-state index in [4.69, 9.17) is 28.6 Å². The van der Waals surface area contributed by atoms with E-state index in [-0.39, 0.29) is 29.2 Å². The van der Waals surface area contributed by atoms with E-state index in [1.807, 2.05) is 11.0 Å². The molecule has 0 aromatic heterocycles. The highest BCUT2D eigenvalue weighted by Crippen LogP contribution is 2.42. The molecule has 1 saturated carbocycles. The number of amides is 1. The Morgan fingerprint density at radius 2 is 1.90 bits per heavy atom. The van der Waals surface area contributed by atoms with Gasteiger partial charge in [-0.3, -0.25) is 10.2 Å². The molecule has 1 heterocycles. The SMILES string of the molecule is N=C1SCCN1Cc1cc(C(=O)N[C@H](c2ccc(Cl)c(Cl)c2)C2CC2)cc(-c2ccc(F)cc2OC(F)F)c1. The van der Waals surface area contributed by atoms with E-state index < -0.39 is 12.4 Å². The van der Waals surface area contributed by atoms with Crippen molar-refractivity contribution < 1.29 is 22.7 Å². The summed E-state index contributed by atoms with van der Waals surface area (Å²) in [5.74, 6) is -0.378. The van der Waals surface area contributed by atoms with Crippen LogP contribution in [0.3, 0.4) is 0 Å². The number of nitrogens with one attached hydrogen (secondary N) is 2. The van der Waals surface area contributed by atoms with Gasteiger partial charge in [-0.1, -0.05) is 41.0 Å². The fourth-order valence-corrected chi connectivity index (χ4v) is 5.80. The molecule has 0 spiro atoms. The Morgan fingerprint density at radius 3 is 2.56 bits per heavy atom. The zero-order valence-corrected chi connectivity index (χ0v) is 22.9. The molecule has 5 rings (SSSR count). The van der Waals surface area contributed by atoms with E-state index >= 15 is 0 Å². The average Bonchev–Trinajstić information content (AvgIpc) is 3.65. The van der Waals surface area contributed by atoms with Gasteiger partial charge in [0.1, 0.15) is 11.6 Å². The second-order valence-electron chi connectivity index (χ2n) is 9.47. The maximum Gasteiger partial charge on any atom is 0.387 e. The summed E-state index contributed by atoms with van der Waals surface area (Å²) in [6.45, 7) is -2.12. The largest absolute Gasteiger partial charge is 0.434 e. The summed E-state index contributed by atoms with van der Waals surface area (Å²) >= 11 is 13.8. The van der Waals surface area contributed by atoms with Crippen molar-refractivity contribution in [2.45, 2.75) is 32.0 Å². The van der Waals surface area contributed by atoms with Crippen LogP contribution in [0.5, 0.6) is 5.75 Å². The summed E-state index contributed by atoms with van der Waals surface area (Å²) in [4.78, 5) is 15.5. The lowest BCUT2D eigenvalue weighted by atomic mass is 9.97. The molecule has 1 aliphatic carbocycles. The Labute approximate surface area is 238 Å². The Morgan fingerprint density at radius 1 is 1.10 bits per heavy atom. The van der Waals surface area contributed by atoms with Gasteiger partial charge in [0.05, 0.1) is 16.1 Å². The minimum absolute atomic E-state index is 0.224. The number of carbonyl (C=O) groups excluding carboxylic acids is 1. The van der Waals surface area contributed by atoms with Gasteiger partial charge in [-0.15, -0.1) is 0 Å². The Kier molecular flexibility index (Phi) is 8.30. The number of halogens is 5. The van der Waals surface area contributed by atoms with Crippen LogP contribution in [0, 0.1) is 17.1 Å². The summed E-state index contributed by atoms with van der Waals surface area (Å²) in [6.07, 6.45) is 1.91. The number of ether oxygens (including phenoxy) is 1. The predicted octanol–water partition coefficient (Wildman–Crippen LogP) is 7.77. The lowest BCUT2D eigenvalue weighted by Gasteiger charge is -2.21. The molecule has 204 valence electrons. The van der Waals surface area contributed by atoms with E-state index in [1.165, 1.54) is 17.8 Å². The van der Waals surface area contributed by atoms with Crippen LogP contribution in [0.1, 0.15) is 40.4 Å². The quantitative estimate of drug-likeness (QED) is 0.266. The van der Waals surface area contributed by atoms with Gasteiger partial charge in [0.15, 0.2) is 5.17 Å². The third kappa shape index (κ3) is 6.65. The van der Waals surface area contributed by atoms with Crippen molar-refractivity contribution in [3.8, 4) is 16.9 Å². The van der Waals surface area contributed by atoms with E-state index in [1.54, 1.807) is 30.3 Å². The third-order valence-corrected chi connectivity index (χ3v) is 8.33. The summed E-state index contributed by atoms with van der Waals surface area (Å²) in [5, 5.41) is 12.5. The fraction of sp³-hybridized carbons (Fsp3) is 0.286. The number of alkyl halides is 2. The van der Waals surface area contributed by atoms with E-state index in [2.05, 4.69) is 10.1 Å². The van der Waals surface area contributed by atoms with Crippen molar-refractivity contribution in [3.05, 3.63) is 87.2 Å². The molecule has 2 fully saturated rings. The normalized spacial score (nSPS) is 16.1. The second-order valence-corrected chi connectivity index (χ2v) is 11.4. The number of thioether (sulfide) groups is 1. The molecule has 2 aliphatic rings. The number of benzene rings is 3. The molecule has 11 heteroatoms. The van der Waals surface area contributed by atoms with Crippen molar-refractivity contribution in [1.82, 2.24) is 10.2 Å². The average molecular weight is 594 g/mol. The van der Waals surface area contributed by atoms with E-state index in [9.17, 15) is 18.0 Å². The molecule has 2 N–H and O–H groups in total. The number of hydrogen-bond donors (Lipinski definition) is 2. The van der Waals surface area contributed by atoms with Gasteiger partial charge in [0, 0.05) is 36.0 Å². The first-order valence-corrected chi connectivity index (χ1v) is 14.0. The minimum atomic E-state index is -3.15. The van der Waals surface area contributed by atoms with Crippen molar-refractivity contribution in [1.29, 1.82) is 5.41 Å². The topological polar surface area (TPSA) is 65.4 Å². The third-order valence-electron chi connectivity index (χ3n) is 6.67. The lowest BCUT2D eigenvalue weighted by Crippen LogP contribution is -2.30. The highest BCUT2D eigenvalue weighted by Gasteiger charge is 2.34. The first-order chi connectivity index (χ1) is 18.7. The number of amidine groups is 1. The molecule has 0 bridgehead atoms. The van der Waals surface area contributed by atoms with Gasteiger partial charge in [-0.05, 0) is 77.9 Å². The summed E-state index contributed by atoms with van der Waals surface area (Å²) in [5.41, 5.74) is 2.49. The molecule has 1 saturated heterocycles. The molecular formula is C28H24Cl2F3N3O2S. The van der Waals surface area contributed by atoms with Crippen LogP contribution < -0.4 is 10.1 Å². The standard InChI is InChI=1S/C28H24Cl2F3N3O2S/c29-22-6-3-17(12-23(22)30)25(16-1-2-16)35-26(37)19-10-15(14-36-7-8-39-28(36)34)9-18(11-19)21-5-4-20(31)13-24(21)38-27(32)33/h3-6,9-13,16,25,27,34H,1-2,7-8,14H2,(H,35,37)/t25-/m0/s1. The Bertz CT molecular complexity index is 1420. The minimum Gasteiger partial charge on any atom is -0.434 e. The zero-order valence-electron chi connectivity index (χ0n) is 20.5. The predicted molar refractivity (Wildman–Crippen MR) is 148 cm³/mol. The van der Waals surface area contributed by atoms with Crippen LogP contribution in [-0.2, 0) is 6.54 Å². The summed E-state index contributed by atoms with van der Waals surface area (Å²) in [6, 6.07) is 13.4. The molecular weight excluding hydrogens is 570 g/mol. The molecule has 1 atom stereocenters. The van der Waals surface area contributed by atoms with E-state index in [0.29, 0.717) is 45.0 Å². The van der Waals surface area contributed by atoms with Crippen molar-refractivity contribution in [3.63, 3.8) is 0 Å². The van der Waals surface area contributed by atoms with Crippen LogP contribution in [0.2, 0.25) is 10.0 Å². The van der Waals surface area contributed by atoms with Crippen molar-refractivity contribution in [2.24, 2.45) is 5.92 Å². The zero-order chi connectivity index (χ0) is 27.7. The molecule has 1 amide bonds. The molecule has 0 unspecified atom stereocenters. The van der Waals surface area contributed by atoms with Crippen LogP contribution >= 0.6 is 35.0 Å². The molecule has 1 aliphatic heterocycles.